The predicted molar refractivity (Wildman–Crippen MR) is 142 cm³/mol. The van der Waals surface area contributed by atoms with Crippen LogP contribution in [0.5, 0.6) is 0 Å². The monoisotopic (exact) mass is 497 g/mol. The molecule has 206 valence electrons. The topological polar surface area (TPSA) is 84.9 Å². The number of β-amino-alcohol motifs (C(OH)–C–C–N with tert-alkyl or cyclic N) is 1. The van der Waals surface area contributed by atoms with Crippen LogP contribution in [-0.4, -0.2) is 48.9 Å². The SMILES string of the molecule is CCCCCC(CCCCC)CCCOC(=O)C(C)(C)CCCCCCOC(=O)[C@@H]1C[C@H](O)CN1. The molecule has 0 aromatic carbocycles. The summed E-state index contributed by atoms with van der Waals surface area (Å²) in [4.78, 5) is 24.5. The first kappa shape index (κ1) is 31.9. The van der Waals surface area contributed by atoms with Crippen molar-refractivity contribution >= 4 is 11.9 Å². The number of unbranched alkanes of at least 4 members (excludes halogenated alkanes) is 7. The molecule has 0 bridgehead atoms. The van der Waals surface area contributed by atoms with Gasteiger partial charge in [-0.1, -0.05) is 84.5 Å². The highest BCUT2D eigenvalue weighted by Crippen LogP contribution is 2.27. The van der Waals surface area contributed by atoms with Gasteiger partial charge in [0.15, 0.2) is 0 Å². The van der Waals surface area contributed by atoms with E-state index >= 15 is 0 Å². The minimum Gasteiger partial charge on any atom is -0.465 e. The summed E-state index contributed by atoms with van der Waals surface area (Å²) in [7, 11) is 0. The average Bonchev–Trinajstić information content (AvgIpc) is 3.27. The van der Waals surface area contributed by atoms with Gasteiger partial charge in [0.05, 0.1) is 24.7 Å². The lowest BCUT2D eigenvalue weighted by Gasteiger charge is -2.23. The van der Waals surface area contributed by atoms with Crippen LogP contribution in [-0.2, 0) is 19.1 Å². The number of ether oxygens (including phenoxy) is 2. The highest BCUT2D eigenvalue weighted by molar-refractivity contribution is 5.76. The third-order valence-electron chi connectivity index (χ3n) is 7.31. The van der Waals surface area contributed by atoms with Crippen molar-refractivity contribution in [2.45, 2.75) is 143 Å². The standard InChI is InChI=1S/C29H55NO5/c1-5-7-11-16-24(17-12-8-6-2)18-15-21-35-28(33)29(3,4)19-13-9-10-14-20-34-27(32)26-22-25(31)23-30-26/h24-26,30-31H,5-23H2,1-4H3/t25-,26-/m0/s1. The summed E-state index contributed by atoms with van der Waals surface area (Å²) in [6, 6.07) is -0.371. The number of rotatable bonds is 21. The van der Waals surface area contributed by atoms with Gasteiger partial charge in [0.2, 0.25) is 0 Å². The average molecular weight is 498 g/mol. The van der Waals surface area contributed by atoms with Crippen molar-refractivity contribution in [1.29, 1.82) is 0 Å². The summed E-state index contributed by atoms with van der Waals surface area (Å²) in [5, 5.41) is 12.4. The first-order valence-electron chi connectivity index (χ1n) is 14.6. The fourth-order valence-electron chi connectivity index (χ4n) is 4.83. The molecule has 0 radical (unpaired) electrons. The molecule has 0 spiro atoms. The summed E-state index contributed by atoms with van der Waals surface area (Å²) in [5.74, 6) is 0.435. The number of carbonyl (C=O) groups excluding carboxylic acids is 2. The van der Waals surface area contributed by atoms with Crippen molar-refractivity contribution in [2.24, 2.45) is 11.3 Å². The number of nitrogens with one attached hydrogen (secondary N) is 1. The van der Waals surface area contributed by atoms with Gasteiger partial charge in [0, 0.05) is 13.0 Å². The summed E-state index contributed by atoms with van der Waals surface area (Å²) in [5.41, 5.74) is -0.455. The fourth-order valence-corrected chi connectivity index (χ4v) is 4.83. The molecule has 2 N–H and O–H groups in total. The van der Waals surface area contributed by atoms with E-state index in [0.29, 0.717) is 26.2 Å². The molecule has 1 heterocycles. The number of aliphatic hydroxyl groups is 1. The van der Waals surface area contributed by atoms with E-state index in [1.165, 1.54) is 57.8 Å². The van der Waals surface area contributed by atoms with Crippen LogP contribution in [0.1, 0.15) is 130 Å². The maximum atomic E-state index is 12.6. The molecule has 1 fully saturated rings. The van der Waals surface area contributed by atoms with E-state index in [1.807, 2.05) is 13.8 Å². The summed E-state index contributed by atoms with van der Waals surface area (Å²) in [6.45, 7) is 9.89. The largest absolute Gasteiger partial charge is 0.465 e. The Morgan fingerprint density at radius 3 is 2.06 bits per heavy atom. The van der Waals surface area contributed by atoms with Gasteiger partial charge in [-0.2, -0.15) is 0 Å². The first-order valence-corrected chi connectivity index (χ1v) is 14.6. The lowest BCUT2D eigenvalue weighted by atomic mass is 9.87. The quantitative estimate of drug-likeness (QED) is 0.142. The van der Waals surface area contributed by atoms with Crippen LogP contribution in [0.15, 0.2) is 0 Å². The van der Waals surface area contributed by atoms with Crippen LogP contribution in [0.25, 0.3) is 0 Å². The lowest BCUT2D eigenvalue weighted by molar-refractivity contribution is -0.154. The van der Waals surface area contributed by atoms with E-state index in [-0.39, 0.29) is 18.0 Å². The van der Waals surface area contributed by atoms with Gasteiger partial charge in [-0.3, -0.25) is 9.59 Å². The Hall–Kier alpha value is -1.14. The second-order valence-corrected chi connectivity index (χ2v) is 11.2. The molecule has 6 nitrogen and oxygen atoms in total. The smallest absolute Gasteiger partial charge is 0.323 e. The molecule has 1 saturated heterocycles. The molecule has 0 aromatic heterocycles. The van der Waals surface area contributed by atoms with Gasteiger partial charge in [0.1, 0.15) is 6.04 Å². The van der Waals surface area contributed by atoms with Crippen LogP contribution in [0.3, 0.4) is 0 Å². The van der Waals surface area contributed by atoms with Crippen LogP contribution in [0, 0.1) is 11.3 Å². The van der Waals surface area contributed by atoms with Crippen LogP contribution < -0.4 is 5.32 Å². The second kappa shape index (κ2) is 19.0. The van der Waals surface area contributed by atoms with E-state index in [4.69, 9.17) is 9.47 Å². The third-order valence-corrected chi connectivity index (χ3v) is 7.31. The highest BCUT2D eigenvalue weighted by atomic mass is 16.5. The van der Waals surface area contributed by atoms with Gasteiger partial charge in [0.25, 0.3) is 0 Å². The molecule has 35 heavy (non-hydrogen) atoms. The maximum Gasteiger partial charge on any atom is 0.323 e. The zero-order valence-electron chi connectivity index (χ0n) is 23.2. The minimum atomic E-state index is -0.455. The Labute approximate surface area is 215 Å². The molecule has 0 unspecified atom stereocenters. The number of carbonyl (C=O) groups is 2. The van der Waals surface area contributed by atoms with E-state index in [9.17, 15) is 14.7 Å². The molecule has 1 aliphatic rings. The van der Waals surface area contributed by atoms with Crippen molar-refractivity contribution < 1.29 is 24.2 Å². The summed E-state index contributed by atoms with van der Waals surface area (Å²) >= 11 is 0. The number of esters is 2. The molecule has 2 atom stereocenters. The number of aliphatic hydroxyl groups excluding tert-OH is 1. The Morgan fingerprint density at radius 1 is 0.857 bits per heavy atom. The second-order valence-electron chi connectivity index (χ2n) is 11.2. The van der Waals surface area contributed by atoms with Gasteiger partial charge in [-0.15, -0.1) is 0 Å². The maximum absolute atomic E-state index is 12.6. The molecule has 0 aliphatic carbocycles. The molecule has 1 aliphatic heterocycles. The van der Waals surface area contributed by atoms with Crippen LogP contribution in [0.4, 0.5) is 0 Å². The number of hydrogen-bond donors (Lipinski definition) is 2. The van der Waals surface area contributed by atoms with Gasteiger partial charge in [-0.25, -0.2) is 0 Å². The van der Waals surface area contributed by atoms with Crippen LogP contribution >= 0.6 is 0 Å². The molecule has 0 amide bonds. The predicted octanol–water partition coefficient (Wildman–Crippen LogP) is 6.33. The van der Waals surface area contributed by atoms with Crippen molar-refractivity contribution in [3.63, 3.8) is 0 Å². The van der Waals surface area contributed by atoms with E-state index in [2.05, 4.69) is 19.2 Å². The molecule has 0 saturated carbocycles. The Morgan fingerprint density at radius 2 is 1.46 bits per heavy atom. The van der Waals surface area contributed by atoms with Crippen LogP contribution in [0.2, 0.25) is 0 Å². The molecule has 1 rings (SSSR count). The summed E-state index contributed by atoms with van der Waals surface area (Å²) < 4.78 is 11.0. The Kier molecular flexibility index (Phi) is 17.3. The first-order chi connectivity index (χ1) is 16.8. The van der Waals surface area contributed by atoms with Crippen molar-refractivity contribution in [1.82, 2.24) is 5.32 Å². The molecule has 0 aromatic rings. The van der Waals surface area contributed by atoms with E-state index in [0.717, 1.165) is 44.4 Å². The lowest BCUT2D eigenvalue weighted by Crippen LogP contribution is -2.32. The van der Waals surface area contributed by atoms with Gasteiger partial charge >= 0.3 is 11.9 Å². The van der Waals surface area contributed by atoms with Gasteiger partial charge < -0.3 is 19.9 Å². The Balaban J connectivity index is 2.12. The molecular weight excluding hydrogens is 442 g/mol. The Bertz CT molecular complexity index is 555. The zero-order chi connectivity index (χ0) is 25.9. The zero-order valence-corrected chi connectivity index (χ0v) is 23.2. The number of hydrogen-bond acceptors (Lipinski definition) is 6. The van der Waals surface area contributed by atoms with Gasteiger partial charge in [-0.05, 0) is 45.4 Å². The summed E-state index contributed by atoms with van der Waals surface area (Å²) in [6.07, 6.45) is 17.2. The minimum absolute atomic E-state index is 0.0776. The molecule has 6 heteroatoms. The van der Waals surface area contributed by atoms with Crippen molar-refractivity contribution in [3.8, 4) is 0 Å². The third kappa shape index (κ3) is 14.9. The van der Waals surface area contributed by atoms with E-state index in [1.54, 1.807) is 0 Å². The van der Waals surface area contributed by atoms with Crippen molar-refractivity contribution in [3.05, 3.63) is 0 Å². The van der Waals surface area contributed by atoms with Crippen molar-refractivity contribution in [2.75, 3.05) is 19.8 Å². The normalized spacial score (nSPS) is 18.2. The van der Waals surface area contributed by atoms with E-state index < -0.39 is 11.5 Å². The highest BCUT2D eigenvalue weighted by Gasteiger charge is 2.30. The fraction of sp³-hybridized carbons (Fsp3) is 0.931. The molecular formula is C29H55NO5.